The number of carbonyl (C=O) groups is 1. The number of aromatic nitrogens is 1. The van der Waals surface area contributed by atoms with E-state index in [2.05, 4.69) is 47.4 Å². The Morgan fingerprint density at radius 1 is 0.938 bits per heavy atom. The highest BCUT2D eigenvalue weighted by atomic mass is 32.1. The molecule has 0 bridgehead atoms. The van der Waals surface area contributed by atoms with Crippen molar-refractivity contribution in [3.63, 3.8) is 0 Å². The van der Waals surface area contributed by atoms with E-state index >= 15 is 0 Å². The zero-order valence-electron chi connectivity index (χ0n) is 17.9. The fourth-order valence-electron chi connectivity index (χ4n) is 4.11. The first-order valence-corrected chi connectivity index (χ1v) is 11.8. The molecule has 4 nitrogen and oxygen atoms in total. The van der Waals surface area contributed by atoms with Gasteiger partial charge < -0.3 is 4.90 Å². The molecule has 1 amide bonds. The molecular formula is C27H25N3OS. The normalized spacial score (nSPS) is 14.9. The molecule has 2 aromatic carbocycles. The summed E-state index contributed by atoms with van der Waals surface area (Å²) in [5.41, 5.74) is 3.70. The third-order valence-corrected chi connectivity index (χ3v) is 6.75. The first kappa shape index (κ1) is 20.6. The van der Waals surface area contributed by atoms with Crippen molar-refractivity contribution in [1.29, 1.82) is 0 Å². The minimum Gasteiger partial charge on any atom is -0.336 e. The molecule has 4 aromatic rings. The summed E-state index contributed by atoms with van der Waals surface area (Å²) in [6.07, 6.45) is 4.36. The first-order chi connectivity index (χ1) is 15.8. The van der Waals surface area contributed by atoms with Crippen molar-refractivity contribution >= 4 is 34.2 Å². The molecule has 1 aliphatic heterocycles. The van der Waals surface area contributed by atoms with Crippen LogP contribution in [-0.2, 0) is 0 Å². The second-order valence-corrected chi connectivity index (χ2v) is 8.90. The Kier molecular flexibility index (Phi) is 6.10. The van der Waals surface area contributed by atoms with Gasteiger partial charge in [0.25, 0.3) is 5.91 Å². The lowest BCUT2D eigenvalue weighted by atomic mass is 10.1. The fraction of sp³-hybridized carbons (Fsp3) is 0.185. The summed E-state index contributed by atoms with van der Waals surface area (Å²) in [6, 6.07) is 24.3. The van der Waals surface area contributed by atoms with Crippen LogP contribution in [0, 0.1) is 0 Å². The first-order valence-electron chi connectivity index (χ1n) is 10.9. The molecule has 5 rings (SSSR count). The molecule has 0 radical (unpaired) electrons. The van der Waals surface area contributed by atoms with Gasteiger partial charge in [-0.1, -0.05) is 66.7 Å². The van der Waals surface area contributed by atoms with E-state index < -0.39 is 0 Å². The molecule has 1 saturated heterocycles. The topological polar surface area (TPSA) is 36.4 Å². The zero-order chi connectivity index (χ0) is 21.8. The van der Waals surface area contributed by atoms with Crippen LogP contribution in [0.3, 0.4) is 0 Å². The van der Waals surface area contributed by atoms with Crippen molar-refractivity contribution in [3.05, 3.63) is 95.4 Å². The van der Waals surface area contributed by atoms with Crippen molar-refractivity contribution in [3.8, 4) is 10.6 Å². The fourth-order valence-corrected chi connectivity index (χ4v) is 4.79. The molecule has 3 heterocycles. The van der Waals surface area contributed by atoms with Gasteiger partial charge in [0.15, 0.2) is 0 Å². The summed E-state index contributed by atoms with van der Waals surface area (Å²) in [6.45, 7) is 4.14. The van der Waals surface area contributed by atoms with Crippen molar-refractivity contribution in [2.45, 2.75) is 0 Å². The summed E-state index contributed by atoms with van der Waals surface area (Å²) < 4.78 is 0. The van der Waals surface area contributed by atoms with Crippen LogP contribution in [0.1, 0.15) is 15.9 Å². The van der Waals surface area contributed by atoms with Gasteiger partial charge in [0.2, 0.25) is 0 Å². The van der Waals surface area contributed by atoms with E-state index in [4.69, 9.17) is 4.98 Å². The number of piperazine rings is 1. The van der Waals surface area contributed by atoms with E-state index in [-0.39, 0.29) is 5.91 Å². The van der Waals surface area contributed by atoms with Gasteiger partial charge in [-0.25, -0.2) is 4.98 Å². The summed E-state index contributed by atoms with van der Waals surface area (Å²) in [7, 11) is 0. The Hall–Kier alpha value is -3.28. The number of hydrogen-bond acceptors (Lipinski definition) is 4. The van der Waals surface area contributed by atoms with Crippen LogP contribution < -0.4 is 0 Å². The van der Waals surface area contributed by atoms with E-state index in [9.17, 15) is 4.79 Å². The number of thiophene rings is 1. The molecule has 1 aliphatic rings. The molecule has 0 N–H and O–H groups in total. The van der Waals surface area contributed by atoms with Crippen LogP contribution in [-0.4, -0.2) is 53.4 Å². The molecular weight excluding hydrogens is 414 g/mol. The number of pyridine rings is 1. The molecule has 0 spiro atoms. The second-order valence-electron chi connectivity index (χ2n) is 7.96. The highest BCUT2D eigenvalue weighted by molar-refractivity contribution is 7.13. The van der Waals surface area contributed by atoms with Crippen LogP contribution >= 0.6 is 11.3 Å². The highest BCUT2D eigenvalue weighted by Gasteiger charge is 2.24. The summed E-state index contributed by atoms with van der Waals surface area (Å²) >= 11 is 1.65. The minimum atomic E-state index is 0.0980. The van der Waals surface area contributed by atoms with Crippen LogP contribution in [0.4, 0.5) is 0 Å². The average Bonchev–Trinajstić information content (AvgIpc) is 3.39. The third-order valence-electron chi connectivity index (χ3n) is 5.85. The van der Waals surface area contributed by atoms with Crippen molar-refractivity contribution in [2.75, 3.05) is 32.7 Å². The molecule has 2 aromatic heterocycles. The molecule has 0 unspecified atom stereocenters. The van der Waals surface area contributed by atoms with Crippen molar-refractivity contribution < 1.29 is 4.79 Å². The van der Waals surface area contributed by atoms with Gasteiger partial charge in [-0.2, -0.15) is 0 Å². The zero-order valence-corrected chi connectivity index (χ0v) is 18.7. The molecule has 160 valence electrons. The SMILES string of the molecule is O=C(c1cc(-c2cccs2)nc2ccccc12)N1CCN(C/C=C/c2ccccc2)CC1. The van der Waals surface area contributed by atoms with Gasteiger partial charge in [-0.05, 0) is 29.1 Å². The van der Waals surface area contributed by atoms with Gasteiger partial charge in [0, 0.05) is 38.1 Å². The Morgan fingerprint density at radius 2 is 1.72 bits per heavy atom. The van der Waals surface area contributed by atoms with E-state index in [0.717, 1.165) is 59.8 Å². The summed E-state index contributed by atoms with van der Waals surface area (Å²) in [5, 5.41) is 2.96. The number of hydrogen-bond donors (Lipinski definition) is 0. The van der Waals surface area contributed by atoms with Gasteiger partial charge in [-0.15, -0.1) is 11.3 Å². The van der Waals surface area contributed by atoms with Crippen molar-refractivity contribution in [2.24, 2.45) is 0 Å². The Morgan fingerprint density at radius 3 is 2.50 bits per heavy atom. The van der Waals surface area contributed by atoms with Crippen LogP contribution in [0.15, 0.2) is 84.3 Å². The highest BCUT2D eigenvalue weighted by Crippen LogP contribution is 2.28. The van der Waals surface area contributed by atoms with E-state index in [0.29, 0.717) is 0 Å². The maximum Gasteiger partial charge on any atom is 0.254 e. The van der Waals surface area contributed by atoms with Gasteiger partial charge in [0.05, 0.1) is 21.7 Å². The van der Waals surface area contributed by atoms with E-state index in [1.165, 1.54) is 5.56 Å². The van der Waals surface area contributed by atoms with Gasteiger partial charge >= 0.3 is 0 Å². The monoisotopic (exact) mass is 439 g/mol. The number of fused-ring (bicyclic) bond motifs is 1. The molecule has 0 aliphatic carbocycles. The molecule has 0 atom stereocenters. The van der Waals surface area contributed by atoms with Crippen LogP contribution in [0.2, 0.25) is 0 Å². The number of rotatable bonds is 5. The Labute approximate surface area is 192 Å². The Balaban J connectivity index is 1.29. The summed E-state index contributed by atoms with van der Waals surface area (Å²) in [5.74, 6) is 0.0980. The molecule has 0 saturated carbocycles. The van der Waals surface area contributed by atoms with E-state index in [1.54, 1.807) is 11.3 Å². The predicted octanol–water partition coefficient (Wildman–Crippen LogP) is 5.43. The maximum absolute atomic E-state index is 13.5. The van der Waals surface area contributed by atoms with Gasteiger partial charge in [-0.3, -0.25) is 9.69 Å². The quantitative estimate of drug-likeness (QED) is 0.416. The number of carbonyl (C=O) groups excluding carboxylic acids is 1. The third kappa shape index (κ3) is 4.49. The number of benzene rings is 2. The molecule has 5 heteroatoms. The number of para-hydroxylation sites is 1. The van der Waals surface area contributed by atoms with Crippen LogP contribution in [0.5, 0.6) is 0 Å². The standard InChI is InChI=1S/C27H25N3OS/c31-27(30-17-15-29(16-18-30)14-6-10-21-8-2-1-3-9-21)23-20-25(26-13-7-19-32-26)28-24-12-5-4-11-22(23)24/h1-13,19-20H,14-18H2/b10-6+. The second kappa shape index (κ2) is 9.47. The largest absolute Gasteiger partial charge is 0.336 e. The van der Waals surface area contributed by atoms with Crippen molar-refractivity contribution in [1.82, 2.24) is 14.8 Å². The smallest absolute Gasteiger partial charge is 0.254 e. The minimum absolute atomic E-state index is 0.0980. The Bertz CT molecular complexity index is 1230. The molecule has 1 fully saturated rings. The summed E-state index contributed by atoms with van der Waals surface area (Å²) in [4.78, 5) is 23.8. The molecule has 32 heavy (non-hydrogen) atoms. The average molecular weight is 440 g/mol. The maximum atomic E-state index is 13.5. The lowest BCUT2D eigenvalue weighted by Crippen LogP contribution is -2.48. The van der Waals surface area contributed by atoms with Gasteiger partial charge in [0.1, 0.15) is 0 Å². The predicted molar refractivity (Wildman–Crippen MR) is 133 cm³/mol. The lowest BCUT2D eigenvalue weighted by Gasteiger charge is -2.34. The van der Waals surface area contributed by atoms with E-state index in [1.807, 2.05) is 52.7 Å². The number of amides is 1. The number of nitrogens with zero attached hydrogens (tertiary/aromatic N) is 3. The van der Waals surface area contributed by atoms with Crippen LogP contribution in [0.25, 0.3) is 27.6 Å². The lowest BCUT2D eigenvalue weighted by molar-refractivity contribution is 0.0652.